The zero-order chi connectivity index (χ0) is 39.4. The topological polar surface area (TPSA) is 95.9 Å². The number of hydrogen-bond donors (Lipinski definition) is 3. The summed E-state index contributed by atoms with van der Waals surface area (Å²) in [5, 5.41) is 23.1. The molecule has 0 aromatic rings. The van der Waals surface area contributed by atoms with Crippen molar-refractivity contribution in [1.82, 2.24) is 5.32 Å². The standard InChI is InChI=1S/C48H89NO5/c1-3-5-7-9-11-13-15-16-17-18-19-21-26-30-34-38-42-48(53)54-43-39-35-31-27-23-22-25-29-33-37-41-47(52)49-45(44-50)46(51)40-36-32-28-24-20-14-12-10-8-6-4-2/h13,15,17-18,23,27,45-46,50-51H,3-12,14,16,19-22,24-26,28-44H2,1-2H3,(H,49,52)/b15-13-,18-17-,27-23-. The maximum Gasteiger partial charge on any atom is 0.305 e. The summed E-state index contributed by atoms with van der Waals surface area (Å²) in [5.41, 5.74) is 0. The average molecular weight is 760 g/mol. The van der Waals surface area contributed by atoms with Crippen LogP contribution in [-0.4, -0.2) is 47.4 Å². The van der Waals surface area contributed by atoms with Crippen molar-refractivity contribution in [3.05, 3.63) is 36.5 Å². The molecule has 6 nitrogen and oxygen atoms in total. The first-order chi connectivity index (χ1) is 26.5. The number of carbonyl (C=O) groups is 2. The van der Waals surface area contributed by atoms with Crippen molar-refractivity contribution in [2.45, 2.75) is 244 Å². The molecule has 0 rings (SSSR count). The fraction of sp³-hybridized carbons (Fsp3) is 0.833. The van der Waals surface area contributed by atoms with Gasteiger partial charge in [0, 0.05) is 12.8 Å². The SMILES string of the molecule is CCCCCC/C=C\C/C=C\CCCCCCCC(=O)OCCCC/C=C\CCCCCCC(=O)NC(CO)C(O)CCCCCCCCCCCCC. The fourth-order valence-electron chi connectivity index (χ4n) is 6.78. The molecule has 0 bridgehead atoms. The number of allylic oxidation sites excluding steroid dienone is 6. The Bertz CT molecular complexity index is 884. The largest absolute Gasteiger partial charge is 0.466 e. The molecular weight excluding hydrogens is 671 g/mol. The third-order valence-corrected chi connectivity index (χ3v) is 10.4. The van der Waals surface area contributed by atoms with E-state index < -0.39 is 12.1 Å². The van der Waals surface area contributed by atoms with Gasteiger partial charge in [0.25, 0.3) is 0 Å². The van der Waals surface area contributed by atoms with E-state index in [0.717, 1.165) is 89.9 Å². The normalized spacial score (nSPS) is 13.0. The number of rotatable bonds is 42. The Morgan fingerprint density at radius 1 is 0.519 bits per heavy atom. The van der Waals surface area contributed by atoms with Crippen molar-refractivity contribution in [2.75, 3.05) is 13.2 Å². The number of aliphatic hydroxyl groups is 2. The molecule has 0 heterocycles. The molecule has 0 aliphatic carbocycles. The van der Waals surface area contributed by atoms with E-state index in [-0.39, 0.29) is 18.5 Å². The molecule has 0 aliphatic rings. The van der Waals surface area contributed by atoms with Crippen LogP contribution in [0.15, 0.2) is 36.5 Å². The van der Waals surface area contributed by atoms with Gasteiger partial charge in [-0.2, -0.15) is 0 Å². The first-order valence-electron chi connectivity index (χ1n) is 23.2. The van der Waals surface area contributed by atoms with Gasteiger partial charge in [-0.25, -0.2) is 0 Å². The molecular formula is C48H89NO5. The molecule has 0 saturated carbocycles. The molecule has 1 amide bonds. The Balaban J connectivity index is 3.55. The summed E-state index contributed by atoms with van der Waals surface area (Å²) >= 11 is 0. The third-order valence-electron chi connectivity index (χ3n) is 10.4. The molecule has 6 heteroatoms. The van der Waals surface area contributed by atoms with E-state index in [1.807, 2.05) is 0 Å². The third kappa shape index (κ3) is 39.8. The van der Waals surface area contributed by atoms with Crippen molar-refractivity contribution in [3.8, 4) is 0 Å². The number of amides is 1. The van der Waals surface area contributed by atoms with Gasteiger partial charge in [0.15, 0.2) is 0 Å². The Kier molecular flexibility index (Phi) is 42.2. The van der Waals surface area contributed by atoms with Crippen LogP contribution in [0.2, 0.25) is 0 Å². The average Bonchev–Trinajstić information content (AvgIpc) is 3.17. The van der Waals surface area contributed by atoms with Gasteiger partial charge in [0.2, 0.25) is 5.91 Å². The fourth-order valence-corrected chi connectivity index (χ4v) is 6.78. The molecule has 3 N–H and O–H groups in total. The molecule has 0 aliphatic heterocycles. The van der Waals surface area contributed by atoms with Gasteiger partial charge in [0.1, 0.15) is 0 Å². The van der Waals surface area contributed by atoms with Gasteiger partial charge in [-0.1, -0.05) is 172 Å². The molecule has 316 valence electrons. The number of ether oxygens (including phenoxy) is 1. The second kappa shape index (κ2) is 43.8. The van der Waals surface area contributed by atoms with Crippen molar-refractivity contribution in [2.24, 2.45) is 0 Å². The summed E-state index contributed by atoms with van der Waals surface area (Å²) in [4.78, 5) is 24.4. The highest BCUT2D eigenvalue weighted by Crippen LogP contribution is 2.14. The molecule has 2 atom stereocenters. The Morgan fingerprint density at radius 3 is 1.44 bits per heavy atom. The van der Waals surface area contributed by atoms with Crippen LogP contribution in [0.3, 0.4) is 0 Å². The summed E-state index contributed by atoms with van der Waals surface area (Å²) in [7, 11) is 0. The zero-order valence-corrected chi connectivity index (χ0v) is 35.7. The Morgan fingerprint density at radius 2 is 0.926 bits per heavy atom. The summed E-state index contributed by atoms with van der Waals surface area (Å²) in [6.45, 7) is 4.81. The minimum absolute atomic E-state index is 0.0509. The van der Waals surface area contributed by atoms with E-state index in [0.29, 0.717) is 25.9 Å². The number of aliphatic hydroxyl groups excluding tert-OH is 2. The predicted molar refractivity (Wildman–Crippen MR) is 232 cm³/mol. The number of esters is 1. The van der Waals surface area contributed by atoms with Gasteiger partial charge >= 0.3 is 5.97 Å². The number of unbranched alkanes of at least 4 members (excludes halogenated alkanes) is 25. The first-order valence-corrected chi connectivity index (χ1v) is 23.2. The lowest BCUT2D eigenvalue weighted by Gasteiger charge is -2.22. The van der Waals surface area contributed by atoms with E-state index in [9.17, 15) is 19.8 Å². The van der Waals surface area contributed by atoms with Crippen molar-refractivity contribution in [1.29, 1.82) is 0 Å². The second-order valence-corrected chi connectivity index (χ2v) is 15.7. The molecule has 0 fully saturated rings. The molecule has 0 saturated heterocycles. The summed E-state index contributed by atoms with van der Waals surface area (Å²) in [6.07, 6.45) is 51.0. The quantitative estimate of drug-likeness (QED) is 0.0327. The zero-order valence-electron chi connectivity index (χ0n) is 35.7. The summed E-state index contributed by atoms with van der Waals surface area (Å²) in [5.74, 6) is -0.126. The summed E-state index contributed by atoms with van der Waals surface area (Å²) < 4.78 is 5.42. The highest BCUT2D eigenvalue weighted by Gasteiger charge is 2.20. The van der Waals surface area contributed by atoms with Crippen LogP contribution >= 0.6 is 0 Å². The number of hydrogen-bond acceptors (Lipinski definition) is 5. The van der Waals surface area contributed by atoms with E-state index in [4.69, 9.17) is 4.74 Å². The van der Waals surface area contributed by atoms with Crippen LogP contribution in [-0.2, 0) is 14.3 Å². The minimum Gasteiger partial charge on any atom is -0.466 e. The predicted octanol–water partition coefficient (Wildman–Crippen LogP) is 13.3. The van der Waals surface area contributed by atoms with Crippen LogP contribution in [0, 0.1) is 0 Å². The van der Waals surface area contributed by atoms with E-state index >= 15 is 0 Å². The van der Waals surface area contributed by atoms with E-state index in [2.05, 4.69) is 55.6 Å². The molecule has 2 unspecified atom stereocenters. The van der Waals surface area contributed by atoms with Gasteiger partial charge in [-0.15, -0.1) is 0 Å². The number of carbonyl (C=O) groups excluding carboxylic acids is 2. The van der Waals surface area contributed by atoms with Crippen molar-refractivity contribution < 1.29 is 24.5 Å². The van der Waals surface area contributed by atoms with E-state index in [1.165, 1.54) is 109 Å². The molecule has 0 spiro atoms. The van der Waals surface area contributed by atoms with Gasteiger partial charge in [-0.3, -0.25) is 9.59 Å². The van der Waals surface area contributed by atoms with Crippen LogP contribution in [0.4, 0.5) is 0 Å². The highest BCUT2D eigenvalue weighted by atomic mass is 16.5. The van der Waals surface area contributed by atoms with Crippen molar-refractivity contribution in [3.63, 3.8) is 0 Å². The molecule has 0 aromatic carbocycles. The number of nitrogens with one attached hydrogen (secondary N) is 1. The van der Waals surface area contributed by atoms with Crippen LogP contribution in [0.25, 0.3) is 0 Å². The smallest absolute Gasteiger partial charge is 0.305 e. The Labute approximate surface area is 334 Å². The molecule has 54 heavy (non-hydrogen) atoms. The van der Waals surface area contributed by atoms with Gasteiger partial charge in [-0.05, 0) is 83.5 Å². The van der Waals surface area contributed by atoms with Gasteiger partial charge in [0.05, 0.1) is 25.4 Å². The van der Waals surface area contributed by atoms with E-state index in [1.54, 1.807) is 0 Å². The molecule has 0 radical (unpaired) electrons. The first kappa shape index (κ1) is 52.1. The monoisotopic (exact) mass is 760 g/mol. The van der Waals surface area contributed by atoms with Crippen molar-refractivity contribution >= 4 is 11.9 Å². The molecule has 0 aromatic heterocycles. The lowest BCUT2D eigenvalue weighted by Crippen LogP contribution is -2.45. The minimum atomic E-state index is -0.685. The second-order valence-electron chi connectivity index (χ2n) is 15.7. The van der Waals surface area contributed by atoms with Crippen LogP contribution in [0.1, 0.15) is 232 Å². The lowest BCUT2D eigenvalue weighted by molar-refractivity contribution is -0.143. The van der Waals surface area contributed by atoms with Crippen LogP contribution in [0.5, 0.6) is 0 Å². The maximum atomic E-state index is 12.4. The summed E-state index contributed by atoms with van der Waals surface area (Å²) in [6, 6.07) is -0.566. The highest BCUT2D eigenvalue weighted by molar-refractivity contribution is 5.76. The maximum absolute atomic E-state index is 12.4. The Hall–Kier alpha value is -1.92. The van der Waals surface area contributed by atoms with Crippen LogP contribution < -0.4 is 5.32 Å². The van der Waals surface area contributed by atoms with Gasteiger partial charge < -0.3 is 20.3 Å². The lowest BCUT2D eigenvalue weighted by atomic mass is 10.0.